The number of rotatable bonds is 3. The first-order chi connectivity index (χ1) is 9.24. The van der Waals surface area contributed by atoms with Gasteiger partial charge in [0, 0.05) is 10.9 Å². The monoisotopic (exact) mass is 254 g/mol. The Kier molecular flexibility index (Phi) is 2.83. The second kappa shape index (κ2) is 4.65. The molecule has 19 heavy (non-hydrogen) atoms. The molecule has 0 saturated heterocycles. The minimum absolute atomic E-state index is 0.132. The third-order valence-electron chi connectivity index (χ3n) is 3.13. The first-order valence-electron chi connectivity index (χ1n) is 6.13. The summed E-state index contributed by atoms with van der Waals surface area (Å²) in [7, 11) is 0. The van der Waals surface area contributed by atoms with Crippen molar-refractivity contribution in [2.45, 2.75) is 13.5 Å². The SMILES string of the molecule is Cc1cccc2[nH]c(C(=O)NCc3ccco3)cc12. The van der Waals surface area contributed by atoms with E-state index in [4.69, 9.17) is 4.42 Å². The molecule has 0 unspecified atom stereocenters. The van der Waals surface area contributed by atoms with Crippen LogP contribution in [0.4, 0.5) is 0 Å². The highest BCUT2D eigenvalue weighted by atomic mass is 16.3. The Bertz CT molecular complexity index is 711. The van der Waals surface area contributed by atoms with E-state index in [0.717, 1.165) is 22.2 Å². The van der Waals surface area contributed by atoms with Gasteiger partial charge in [-0.1, -0.05) is 12.1 Å². The van der Waals surface area contributed by atoms with E-state index in [9.17, 15) is 4.79 Å². The van der Waals surface area contributed by atoms with Gasteiger partial charge in [0.15, 0.2) is 0 Å². The van der Waals surface area contributed by atoms with Crippen molar-refractivity contribution in [1.82, 2.24) is 10.3 Å². The maximum absolute atomic E-state index is 12.0. The molecule has 0 bridgehead atoms. The first-order valence-corrected chi connectivity index (χ1v) is 6.13. The fourth-order valence-electron chi connectivity index (χ4n) is 2.10. The molecule has 96 valence electrons. The number of carbonyl (C=O) groups excluding carboxylic acids is 1. The van der Waals surface area contributed by atoms with Gasteiger partial charge in [-0.25, -0.2) is 0 Å². The Morgan fingerprint density at radius 2 is 2.21 bits per heavy atom. The Hall–Kier alpha value is -2.49. The van der Waals surface area contributed by atoms with Crippen molar-refractivity contribution in [1.29, 1.82) is 0 Å². The lowest BCUT2D eigenvalue weighted by molar-refractivity contribution is 0.0944. The van der Waals surface area contributed by atoms with Crippen LogP contribution in [-0.2, 0) is 6.54 Å². The molecular formula is C15H14N2O2. The lowest BCUT2D eigenvalue weighted by Crippen LogP contribution is -2.22. The van der Waals surface area contributed by atoms with Crippen LogP contribution in [0.2, 0.25) is 0 Å². The van der Waals surface area contributed by atoms with Crippen molar-refractivity contribution in [3.8, 4) is 0 Å². The van der Waals surface area contributed by atoms with Crippen LogP contribution in [0.5, 0.6) is 0 Å². The van der Waals surface area contributed by atoms with Crippen LogP contribution in [0.3, 0.4) is 0 Å². The molecule has 1 amide bonds. The molecule has 0 atom stereocenters. The van der Waals surface area contributed by atoms with Crippen molar-refractivity contribution in [3.63, 3.8) is 0 Å². The molecule has 0 aliphatic carbocycles. The molecule has 2 N–H and O–H groups in total. The van der Waals surface area contributed by atoms with Gasteiger partial charge in [0.05, 0.1) is 12.8 Å². The molecule has 3 rings (SSSR count). The van der Waals surface area contributed by atoms with E-state index in [1.807, 2.05) is 37.3 Å². The predicted octanol–water partition coefficient (Wildman–Crippen LogP) is 3.00. The van der Waals surface area contributed by atoms with Crippen LogP contribution in [0.15, 0.2) is 47.1 Å². The fourth-order valence-corrected chi connectivity index (χ4v) is 2.10. The third kappa shape index (κ3) is 2.25. The van der Waals surface area contributed by atoms with E-state index in [1.54, 1.807) is 12.3 Å². The Morgan fingerprint density at radius 1 is 1.32 bits per heavy atom. The van der Waals surface area contributed by atoms with Crippen molar-refractivity contribution >= 4 is 16.8 Å². The number of carbonyl (C=O) groups is 1. The van der Waals surface area contributed by atoms with Crippen LogP contribution in [0, 0.1) is 6.92 Å². The largest absolute Gasteiger partial charge is 0.467 e. The molecule has 2 aromatic heterocycles. The molecule has 0 radical (unpaired) electrons. The third-order valence-corrected chi connectivity index (χ3v) is 3.13. The zero-order valence-electron chi connectivity index (χ0n) is 10.6. The van der Waals surface area contributed by atoms with Crippen LogP contribution in [0.1, 0.15) is 21.8 Å². The molecule has 1 aromatic carbocycles. The zero-order valence-corrected chi connectivity index (χ0v) is 10.6. The molecule has 0 fully saturated rings. The van der Waals surface area contributed by atoms with Crippen molar-refractivity contribution < 1.29 is 9.21 Å². The molecular weight excluding hydrogens is 240 g/mol. The molecule has 0 aliphatic heterocycles. The van der Waals surface area contributed by atoms with Crippen molar-refractivity contribution in [2.75, 3.05) is 0 Å². The van der Waals surface area contributed by atoms with Gasteiger partial charge in [0.25, 0.3) is 5.91 Å². The molecule has 4 nitrogen and oxygen atoms in total. The average Bonchev–Trinajstić information content (AvgIpc) is 3.05. The summed E-state index contributed by atoms with van der Waals surface area (Å²) >= 11 is 0. The standard InChI is InChI=1S/C15H14N2O2/c1-10-4-2-6-13-12(10)8-14(17-13)15(18)16-9-11-5-3-7-19-11/h2-8,17H,9H2,1H3,(H,16,18). The summed E-state index contributed by atoms with van der Waals surface area (Å²) in [5, 5.41) is 3.89. The maximum Gasteiger partial charge on any atom is 0.268 e. The predicted molar refractivity (Wildman–Crippen MR) is 72.9 cm³/mol. The van der Waals surface area contributed by atoms with Crippen molar-refractivity contribution in [3.05, 3.63) is 59.7 Å². The molecule has 0 saturated carbocycles. The Morgan fingerprint density at radius 3 is 2.95 bits per heavy atom. The minimum Gasteiger partial charge on any atom is -0.467 e. The van der Waals surface area contributed by atoms with Crippen molar-refractivity contribution in [2.24, 2.45) is 0 Å². The van der Waals surface area contributed by atoms with Gasteiger partial charge in [-0.15, -0.1) is 0 Å². The summed E-state index contributed by atoms with van der Waals surface area (Å²) in [6.45, 7) is 2.42. The number of H-pyrrole nitrogens is 1. The number of benzene rings is 1. The maximum atomic E-state index is 12.0. The number of aryl methyl sites for hydroxylation is 1. The molecule has 3 aromatic rings. The van der Waals surface area contributed by atoms with E-state index < -0.39 is 0 Å². The quantitative estimate of drug-likeness (QED) is 0.754. The highest BCUT2D eigenvalue weighted by Gasteiger charge is 2.10. The van der Waals surface area contributed by atoms with E-state index in [1.165, 1.54) is 0 Å². The van der Waals surface area contributed by atoms with Crippen LogP contribution < -0.4 is 5.32 Å². The number of fused-ring (bicyclic) bond motifs is 1. The topological polar surface area (TPSA) is 58.0 Å². The Balaban J connectivity index is 1.80. The lowest BCUT2D eigenvalue weighted by Gasteiger charge is -2.00. The molecule has 0 spiro atoms. The second-order valence-electron chi connectivity index (χ2n) is 4.48. The highest BCUT2D eigenvalue weighted by molar-refractivity contribution is 5.98. The van der Waals surface area contributed by atoms with Crippen LogP contribution in [-0.4, -0.2) is 10.9 Å². The number of aromatic amines is 1. The molecule has 0 aliphatic rings. The molecule has 4 heteroatoms. The van der Waals surface area contributed by atoms with Gasteiger partial charge in [0.1, 0.15) is 11.5 Å². The normalized spacial score (nSPS) is 10.8. The summed E-state index contributed by atoms with van der Waals surface area (Å²) in [6.07, 6.45) is 1.59. The van der Waals surface area contributed by atoms with Gasteiger partial charge in [-0.05, 0) is 36.8 Å². The van der Waals surface area contributed by atoms with Gasteiger partial charge in [-0.2, -0.15) is 0 Å². The summed E-state index contributed by atoms with van der Waals surface area (Å²) < 4.78 is 5.17. The molecule has 2 heterocycles. The van der Waals surface area contributed by atoms with Gasteiger partial charge < -0.3 is 14.7 Å². The van der Waals surface area contributed by atoms with Gasteiger partial charge in [-0.3, -0.25) is 4.79 Å². The van der Waals surface area contributed by atoms with Crippen LogP contribution >= 0.6 is 0 Å². The fraction of sp³-hybridized carbons (Fsp3) is 0.133. The highest BCUT2D eigenvalue weighted by Crippen LogP contribution is 2.19. The van der Waals surface area contributed by atoms with E-state index in [0.29, 0.717) is 12.2 Å². The van der Waals surface area contributed by atoms with E-state index in [2.05, 4.69) is 10.3 Å². The van der Waals surface area contributed by atoms with Gasteiger partial charge >= 0.3 is 0 Å². The number of aromatic nitrogens is 1. The summed E-state index contributed by atoms with van der Waals surface area (Å²) in [5.41, 5.74) is 2.69. The lowest BCUT2D eigenvalue weighted by atomic mass is 10.1. The zero-order chi connectivity index (χ0) is 13.2. The minimum atomic E-state index is -0.132. The number of hydrogen-bond acceptors (Lipinski definition) is 2. The summed E-state index contributed by atoms with van der Waals surface area (Å²) in [5.74, 6) is 0.604. The number of furan rings is 1. The number of hydrogen-bond donors (Lipinski definition) is 2. The first kappa shape index (κ1) is 11.6. The smallest absolute Gasteiger partial charge is 0.268 e. The number of amides is 1. The Labute approximate surface area is 110 Å². The van der Waals surface area contributed by atoms with E-state index >= 15 is 0 Å². The summed E-state index contributed by atoms with van der Waals surface area (Å²) in [6, 6.07) is 11.5. The van der Waals surface area contributed by atoms with E-state index in [-0.39, 0.29) is 5.91 Å². The van der Waals surface area contributed by atoms with Gasteiger partial charge in [0.2, 0.25) is 0 Å². The summed E-state index contributed by atoms with van der Waals surface area (Å²) in [4.78, 5) is 15.2. The number of nitrogens with one attached hydrogen (secondary N) is 2. The second-order valence-corrected chi connectivity index (χ2v) is 4.48. The average molecular weight is 254 g/mol. The van der Waals surface area contributed by atoms with Crippen LogP contribution in [0.25, 0.3) is 10.9 Å².